The normalized spacial score (nSPS) is 18.6. The Morgan fingerprint density at radius 3 is 2.61 bits per heavy atom. The van der Waals surface area contributed by atoms with Crippen molar-refractivity contribution in [2.75, 3.05) is 19.7 Å². The van der Waals surface area contributed by atoms with E-state index in [9.17, 15) is 19.2 Å². The van der Waals surface area contributed by atoms with Gasteiger partial charge in [-0.05, 0) is 59.0 Å². The number of ether oxygens (including phenoxy) is 1. The van der Waals surface area contributed by atoms with Gasteiger partial charge in [-0.3, -0.25) is 19.2 Å². The van der Waals surface area contributed by atoms with Gasteiger partial charge in [0.1, 0.15) is 26.1 Å². The number of rotatable bonds is 11. The highest BCUT2D eigenvalue weighted by atomic mass is 127. The van der Waals surface area contributed by atoms with E-state index in [1.165, 1.54) is 0 Å². The first-order valence-electron chi connectivity index (χ1n) is 12.3. The number of carbonyl (C=O) groups is 4. The van der Waals surface area contributed by atoms with Crippen LogP contribution in [-0.4, -0.2) is 57.2 Å². The van der Waals surface area contributed by atoms with Crippen LogP contribution in [-0.2, 0) is 30.2 Å². The quantitative estimate of drug-likeness (QED) is 0.0958. The third kappa shape index (κ3) is 11.9. The molecule has 1 unspecified atom stereocenters. The summed E-state index contributed by atoms with van der Waals surface area (Å²) in [7, 11) is 2.12. The van der Waals surface area contributed by atoms with Crippen LogP contribution < -0.4 is 26.2 Å². The van der Waals surface area contributed by atoms with Gasteiger partial charge in [-0.25, -0.2) is 10.1 Å². The van der Waals surface area contributed by atoms with Crippen molar-refractivity contribution in [3.63, 3.8) is 0 Å². The van der Waals surface area contributed by atoms with E-state index in [0.717, 1.165) is 31.1 Å². The summed E-state index contributed by atoms with van der Waals surface area (Å²) >= 11 is 1.98. The van der Waals surface area contributed by atoms with Crippen molar-refractivity contribution < 1.29 is 28.5 Å². The average molecular weight is 632 g/mol. The number of amides is 4. The summed E-state index contributed by atoms with van der Waals surface area (Å²) in [5.41, 5.74) is 3.19. The van der Waals surface area contributed by atoms with Gasteiger partial charge in [-0.15, -0.1) is 0 Å². The molecule has 36 heavy (non-hydrogen) atoms. The van der Waals surface area contributed by atoms with E-state index >= 15 is 0 Å². The minimum absolute atomic E-state index is 0.0457. The zero-order valence-electron chi connectivity index (χ0n) is 20.6. The summed E-state index contributed by atoms with van der Waals surface area (Å²) in [4.78, 5) is 50.4. The number of nitrogens with one attached hydrogen (secondary N) is 4. The Bertz CT molecular complexity index is 864. The fourth-order valence-electron chi connectivity index (χ4n) is 3.77. The first-order valence-corrected chi connectivity index (χ1v) is 16.3. The molecule has 3 rings (SSSR count). The Hall–Kier alpha value is -1.92. The van der Waals surface area contributed by atoms with Crippen LogP contribution in [0, 0.1) is 5.92 Å². The van der Waals surface area contributed by atoms with Crippen LogP contribution in [0.2, 0.25) is 6.32 Å². The summed E-state index contributed by atoms with van der Waals surface area (Å²) < 4.78 is 10.8. The Balaban J connectivity index is 2.03. The molecule has 3 atom stereocenters. The monoisotopic (exact) mass is 632 g/mol. The second-order valence-electron chi connectivity index (χ2n) is 8.63. The highest BCUT2D eigenvalue weighted by Crippen LogP contribution is 2.21. The second kappa shape index (κ2) is 17.5. The molecule has 4 N–H and O–H groups in total. The van der Waals surface area contributed by atoms with E-state index in [1.54, 1.807) is 0 Å². The molecule has 0 aromatic heterocycles. The molecular weight excluding hydrogens is 597 g/mol. The minimum atomic E-state index is -0.902. The average Bonchev–Trinajstić information content (AvgIpc) is 2.87. The number of fused-ring (bicyclic) bond motifs is 11. The van der Waals surface area contributed by atoms with Crippen LogP contribution in [0.5, 0.6) is 5.75 Å². The van der Waals surface area contributed by atoms with Crippen LogP contribution in [0.25, 0.3) is 0 Å². The molecule has 2 aliphatic rings. The van der Waals surface area contributed by atoms with E-state index in [0.29, 0.717) is 31.7 Å². The minimum Gasteiger partial charge on any atom is -0.494 e. The SMILES string of the molecule is BCCCCCNC(=O)CNC(=O)[C@@H]1Cc2ccc(cc2)OCCC[C@H](C(=O)NOPI)CC(=O)N1. The zero-order valence-corrected chi connectivity index (χ0v) is 23.7. The van der Waals surface area contributed by atoms with E-state index in [1.807, 2.05) is 46.3 Å². The predicted molar refractivity (Wildman–Crippen MR) is 150 cm³/mol. The second-order valence-corrected chi connectivity index (χ2v) is 10.3. The van der Waals surface area contributed by atoms with Gasteiger partial charge in [0, 0.05) is 25.3 Å². The lowest BCUT2D eigenvalue weighted by Crippen LogP contribution is -2.50. The Morgan fingerprint density at radius 1 is 1.11 bits per heavy atom. The van der Waals surface area contributed by atoms with Crippen LogP contribution in [0.3, 0.4) is 0 Å². The van der Waals surface area contributed by atoms with Crippen molar-refractivity contribution in [3.8, 4) is 5.75 Å². The van der Waals surface area contributed by atoms with Gasteiger partial charge in [0.2, 0.25) is 23.6 Å². The number of benzene rings is 1. The van der Waals surface area contributed by atoms with Crippen molar-refractivity contribution in [3.05, 3.63) is 29.8 Å². The first-order chi connectivity index (χ1) is 17.4. The van der Waals surface area contributed by atoms with Crippen LogP contribution in [0.4, 0.5) is 0 Å². The fourth-order valence-corrected chi connectivity index (χ4v) is 4.24. The molecule has 1 aromatic rings. The molecule has 0 saturated carbocycles. The maximum absolute atomic E-state index is 12.9. The number of hydrogen-bond donors (Lipinski definition) is 4. The molecular formula is C23H35BIN4O6P. The molecule has 1 aromatic carbocycles. The van der Waals surface area contributed by atoms with Crippen molar-refractivity contribution in [2.24, 2.45) is 5.92 Å². The standard InChI is InChI=1S/C23H35BIN4O6P/c24-10-2-1-3-11-26-21(31)15-27-23(33)19-13-16-6-8-18(9-7-16)34-12-4-5-17(14-20(30)28-19)22(32)29-35-36-25/h6-9,17,19,36H,1-5,10-15,24H2,(H,26,31)(H,27,33)(H,28,30)(H,29,32)/t17-,19-/m0/s1. The topological polar surface area (TPSA) is 135 Å². The van der Waals surface area contributed by atoms with Gasteiger partial charge in [-0.2, -0.15) is 0 Å². The smallest absolute Gasteiger partial charge is 0.247 e. The Labute approximate surface area is 227 Å². The number of halogens is 1. The molecule has 198 valence electrons. The third-order valence-corrected chi connectivity index (χ3v) is 6.59. The summed E-state index contributed by atoms with van der Waals surface area (Å²) in [6, 6.07) is 6.40. The van der Waals surface area contributed by atoms with E-state index < -0.39 is 23.8 Å². The highest BCUT2D eigenvalue weighted by molar-refractivity contribution is 14.2. The number of carbonyl (C=O) groups excluding carboxylic acids is 4. The van der Waals surface area contributed by atoms with Gasteiger partial charge in [0.05, 0.1) is 13.2 Å². The molecule has 2 heterocycles. The van der Waals surface area contributed by atoms with Gasteiger partial charge < -0.3 is 20.7 Å². The molecule has 0 spiro atoms. The van der Waals surface area contributed by atoms with E-state index in [4.69, 9.17) is 9.36 Å². The van der Waals surface area contributed by atoms with Gasteiger partial charge in [0.15, 0.2) is 0 Å². The van der Waals surface area contributed by atoms with Gasteiger partial charge in [0.25, 0.3) is 0 Å². The van der Waals surface area contributed by atoms with Crippen LogP contribution >= 0.6 is 28.5 Å². The number of hydroxylamine groups is 1. The molecule has 13 heteroatoms. The highest BCUT2D eigenvalue weighted by Gasteiger charge is 2.27. The van der Waals surface area contributed by atoms with E-state index in [2.05, 4.69) is 29.3 Å². The lowest BCUT2D eigenvalue weighted by atomic mass is 9.97. The Morgan fingerprint density at radius 2 is 1.89 bits per heavy atom. The van der Waals surface area contributed by atoms with Crippen molar-refractivity contribution in [1.82, 2.24) is 21.4 Å². The fraction of sp³-hybridized carbons (Fsp3) is 0.565. The molecule has 2 bridgehead atoms. The number of unbranched alkanes of at least 4 members (excludes halogenated alkanes) is 2. The van der Waals surface area contributed by atoms with Crippen LogP contribution in [0.15, 0.2) is 24.3 Å². The molecule has 4 amide bonds. The van der Waals surface area contributed by atoms with Crippen molar-refractivity contribution >= 4 is 60.0 Å². The van der Waals surface area contributed by atoms with Gasteiger partial charge >= 0.3 is 0 Å². The molecule has 2 aliphatic heterocycles. The lowest BCUT2D eigenvalue weighted by Gasteiger charge is -2.22. The largest absolute Gasteiger partial charge is 0.494 e. The summed E-state index contributed by atoms with van der Waals surface area (Å²) in [6.45, 7) is 0.842. The summed E-state index contributed by atoms with van der Waals surface area (Å²) in [6.07, 6.45) is 5.29. The van der Waals surface area contributed by atoms with Gasteiger partial charge in [-0.1, -0.05) is 31.3 Å². The lowest BCUT2D eigenvalue weighted by molar-refractivity contribution is -0.136. The molecule has 0 aliphatic carbocycles. The third-order valence-electron chi connectivity index (χ3n) is 5.75. The maximum Gasteiger partial charge on any atom is 0.247 e. The molecule has 0 radical (unpaired) electrons. The van der Waals surface area contributed by atoms with Crippen LogP contribution in [0.1, 0.15) is 44.1 Å². The maximum atomic E-state index is 12.9. The zero-order chi connectivity index (χ0) is 26.2. The molecule has 0 saturated heterocycles. The summed E-state index contributed by atoms with van der Waals surface area (Å²) in [5.74, 6) is -1.50. The first kappa shape index (κ1) is 30.3. The predicted octanol–water partition coefficient (Wildman–Crippen LogP) is 1.34. The van der Waals surface area contributed by atoms with E-state index in [-0.39, 0.29) is 37.7 Å². The number of hydrogen-bond acceptors (Lipinski definition) is 6. The van der Waals surface area contributed by atoms with Crippen molar-refractivity contribution in [2.45, 2.75) is 57.3 Å². The summed E-state index contributed by atoms with van der Waals surface area (Å²) in [5, 5.41) is 8.17. The molecule has 10 nitrogen and oxygen atoms in total. The Kier molecular flexibility index (Phi) is 14.8. The van der Waals surface area contributed by atoms with Crippen molar-refractivity contribution in [1.29, 1.82) is 0 Å². The molecule has 0 fully saturated rings.